The zero-order valence-electron chi connectivity index (χ0n) is 15.4. The summed E-state index contributed by atoms with van der Waals surface area (Å²) in [6, 6.07) is 4.52. The molecule has 1 fully saturated rings. The Hall–Kier alpha value is -2.21. The van der Waals surface area contributed by atoms with Crippen molar-refractivity contribution in [1.29, 1.82) is 0 Å². The number of aromatic hydroxyl groups is 1. The number of nitrogens with zero attached hydrogens (tertiary/aromatic N) is 4. The Kier molecular flexibility index (Phi) is 4.53. The highest BCUT2D eigenvalue weighted by atomic mass is 19.1. The lowest BCUT2D eigenvalue weighted by atomic mass is 9.94. The first-order valence-corrected chi connectivity index (χ1v) is 9.35. The largest absolute Gasteiger partial charge is 0.507 e. The third-order valence-electron chi connectivity index (χ3n) is 5.68. The SMILES string of the molecule is Cc1c(-c2ccc(F)cc2O)nnc2c1CCCN2C1CCCN(C)C1. The molecule has 0 saturated carbocycles. The fourth-order valence-electron chi connectivity index (χ4n) is 4.32. The van der Waals surface area contributed by atoms with Gasteiger partial charge >= 0.3 is 0 Å². The van der Waals surface area contributed by atoms with Crippen LogP contribution in [0.1, 0.15) is 30.4 Å². The van der Waals surface area contributed by atoms with E-state index < -0.39 is 5.82 Å². The molecule has 2 aliphatic rings. The summed E-state index contributed by atoms with van der Waals surface area (Å²) < 4.78 is 13.3. The van der Waals surface area contributed by atoms with Crippen molar-refractivity contribution in [3.05, 3.63) is 35.1 Å². The lowest BCUT2D eigenvalue weighted by molar-refractivity contribution is 0.242. The third-order valence-corrected chi connectivity index (χ3v) is 5.68. The predicted octanol–water partition coefficient (Wildman–Crippen LogP) is 3.14. The van der Waals surface area contributed by atoms with E-state index in [1.807, 2.05) is 6.92 Å². The second kappa shape index (κ2) is 6.83. The zero-order valence-corrected chi connectivity index (χ0v) is 15.4. The van der Waals surface area contributed by atoms with Crippen LogP contribution in [-0.2, 0) is 6.42 Å². The summed E-state index contributed by atoms with van der Waals surface area (Å²) in [6.45, 7) is 5.26. The van der Waals surface area contributed by atoms with Crippen molar-refractivity contribution >= 4 is 5.82 Å². The van der Waals surface area contributed by atoms with E-state index in [1.165, 1.54) is 24.5 Å². The molecule has 4 rings (SSSR count). The van der Waals surface area contributed by atoms with Gasteiger partial charge in [-0.2, -0.15) is 0 Å². The molecule has 0 spiro atoms. The van der Waals surface area contributed by atoms with Crippen LogP contribution in [0.25, 0.3) is 11.3 Å². The van der Waals surface area contributed by atoms with Gasteiger partial charge in [0.1, 0.15) is 11.6 Å². The summed E-state index contributed by atoms with van der Waals surface area (Å²) in [5.41, 5.74) is 3.42. The third kappa shape index (κ3) is 3.03. The molecule has 0 amide bonds. The van der Waals surface area contributed by atoms with Crippen molar-refractivity contribution in [3.8, 4) is 17.0 Å². The normalized spacial score (nSPS) is 20.9. The minimum atomic E-state index is -0.456. The van der Waals surface area contributed by atoms with Crippen molar-refractivity contribution < 1.29 is 9.50 Å². The van der Waals surface area contributed by atoms with Gasteiger partial charge in [-0.25, -0.2) is 4.39 Å². The number of likely N-dealkylation sites (tertiary alicyclic amines) is 1. The van der Waals surface area contributed by atoms with Gasteiger partial charge in [0.05, 0.1) is 5.69 Å². The number of halogens is 1. The number of hydrogen-bond donors (Lipinski definition) is 1. The average molecular weight is 356 g/mol. The lowest BCUT2D eigenvalue weighted by Gasteiger charge is -2.41. The molecule has 5 nitrogen and oxygen atoms in total. The number of phenolic OH excluding ortho intramolecular Hbond substituents is 1. The summed E-state index contributed by atoms with van der Waals surface area (Å²) in [4.78, 5) is 4.80. The average Bonchev–Trinajstić information content (AvgIpc) is 2.62. The van der Waals surface area contributed by atoms with Crippen LogP contribution in [-0.4, -0.2) is 52.9 Å². The topological polar surface area (TPSA) is 52.5 Å². The van der Waals surface area contributed by atoms with Crippen LogP contribution in [0, 0.1) is 12.7 Å². The van der Waals surface area contributed by atoms with E-state index in [4.69, 9.17) is 0 Å². The number of fused-ring (bicyclic) bond motifs is 1. The minimum absolute atomic E-state index is 0.0936. The quantitative estimate of drug-likeness (QED) is 0.896. The summed E-state index contributed by atoms with van der Waals surface area (Å²) in [6.07, 6.45) is 4.45. The lowest BCUT2D eigenvalue weighted by Crippen LogP contribution is -2.49. The highest BCUT2D eigenvalue weighted by molar-refractivity contribution is 5.72. The maximum atomic E-state index is 13.3. The molecule has 0 aliphatic carbocycles. The molecule has 1 saturated heterocycles. The van der Waals surface area contributed by atoms with E-state index in [2.05, 4.69) is 27.0 Å². The van der Waals surface area contributed by atoms with Crippen molar-refractivity contribution in [3.63, 3.8) is 0 Å². The summed E-state index contributed by atoms with van der Waals surface area (Å²) in [5, 5.41) is 19.1. The van der Waals surface area contributed by atoms with E-state index in [0.717, 1.165) is 49.9 Å². The highest BCUT2D eigenvalue weighted by Gasteiger charge is 2.30. The van der Waals surface area contributed by atoms with Crippen LogP contribution >= 0.6 is 0 Å². The Morgan fingerprint density at radius 3 is 2.81 bits per heavy atom. The van der Waals surface area contributed by atoms with Crippen LogP contribution in [0.2, 0.25) is 0 Å². The van der Waals surface area contributed by atoms with Crippen LogP contribution in [0.3, 0.4) is 0 Å². The molecule has 1 aromatic carbocycles. The summed E-state index contributed by atoms with van der Waals surface area (Å²) in [5.74, 6) is 0.436. The molecule has 6 heteroatoms. The van der Waals surface area contributed by atoms with Gasteiger partial charge < -0.3 is 14.9 Å². The van der Waals surface area contributed by atoms with Crippen LogP contribution in [0.4, 0.5) is 10.2 Å². The number of likely N-dealkylation sites (N-methyl/N-ethyl adjacent to an activating group) is 1. The molecule has 2 aromatic rings. The monoisotopic (exact) mass is 356 g/mol. The van der Waals surface area contributed by atoms with Gasteiger partial charge in [0.25, 0.3) is 0 Å². The number of hydrogen-bond acceptors (Lipinski definition) is 5. The molecule has 1 atom stereocenters. The maximum Gasteiger partial charge on any atom is 0.155 e. The van der Waals surface area contributed by atoms with E-state index in [0.29, 0.717) is 17.3 Å². The molecular weight excluding hydrogens is 331 g/mol. The van der Waals surface area contributed by atoms with Crippen LogP contribution in [0.5, 0.6) is 5.75 Å². The number of piperidine rings is 1. The first-order valence-electron chi connectivity index (χ1n) is 9.35. The summed E-state index contributed by atoms with van der Waals surface area (Å²) >= 11 is 0. The Bertz CT molecular complexity index is 826. The van der Waals surface area contributed by atoms with Gasteiger partial charge in [-0.1, -0.05) is 0 Å². The molecule has 26 heavy (non-hydrogen) atoms. The Balaban J connectivity index is 1.72. The first-order chi connectivity index (χ1) is 12.5. The van der Waals surface area contributed by atoms with Crippen molar-refractivity contribution in [1.82, 2.24) is 15.1 Å². The molecule has 2 aliphatic heterocycles. The second-order valence-electron chi connectivity index (χ2n) is 7.49. The number of rotatable bonds is 2. The Labute approximate surface area is 153 Å². The molecule has 1 unspecified atom stereocenters. The van der Waals surface area contributed by atoms with Crippen molar-refractivity contribution in [2.75, 3.05) is 31.6 Å². The van der Waals surface area contributed by atoms with Gasteiger partial charge in [0.15, 0.2) is 5.82 Å². The standard InChI is InChI=1S/C20H25FN4O/c1-13-16-6-4-10-25(15-5-3-9-24(2)12-15)20(16)23-22-19(13)17-8-7-14(21)11-18(17)26/h7-8,11,15,26H,3-6,9-10,12H2,1-2H3. The number of aromatic nitrogens is 2. The number of phenols is 1. The molecule has 138 valence electrons. The van der Waals surface area contributed by atoms with Gasteiger partial charge in [-0.3, -0.25) is 0 Å². The zero-order chi connectivity index (χ0) is 18.3. The molecular formula is C20H25FN4O. The smallest absolute Gasteiger partial charge is 0.155 e. The molecule has 3 heterocycles. The fourth-order valence-corrected chi connectivity index (χ4v) is 4.32. The van der Waals surface area contributed by atoms with E-state index in [9.17, 15) is 9.50 Å². The number of benzene rings is 1. The first kappa shape index (κ1) is 17.2. The molecule has 0 bridgehead atoms. The molecule has 1 N–H and O–H groups in total. The van der Waals surface area contributed by atoms with Crippen molar-refractivity contribution in [2.24, 2.45) is 0 Å². The Morgan fingerprint density at radius 2 is 2.04 bits per heavy atom. The van der Waals surface area contributed by atoms with Gasteiger partial charge in [-0.05, 0) is 63.9 Å². The van der Waals surface area contributed by atoms with Gasteiger partial charge in [0, 0.05) is 36.3 Å². The minimum Gasteiger partial charge on any atom is -0.507 e. The predicted molar refractivity (Wildman–Crippen MR) is 100 cm³/mol. The van der Waals surface area contributed by atoms with E-state index in [1.54, 1.807) is 6.07 Å². The highest BCUT2D eigenvalue weighted by Crippen LogP contribution is 2.37. The second-order valence-corrected chi connectivity index (χ2v) is 7.49. The fraction of sp³-hybridized carbons (Fsp3) is 0.500. The van der Waals surface area contributed by atoms with Gasteiger partial charge in [-0.15, -0.1) is 10.2 Å². The maximum absolute atomic E-state index is 13.3. The van der Waals surface area contributed by atoms with Crippen LogP contribution in [0.15, 0.2) is 18.2 Å². The Morgan fingerprint density at radius 1 is 1.19 bits per heavy atom. The van der Waals surface area contributed by atoms with Gasteiger partial charge in [0.2, 0.25) is 0 Å². The summed E-state index contributed by atoms with van der Waals surface area (Å²) in [7, 11) is 2.17. The van der Waals surface area contributed by atoms with Crippen LogP contribution < -0.4 is 4.90 Å². The molecule has 1 aromatic heterocycles. The molecule has 0 radical (unpaired) electrons. The van der Waals surface area contributed by atoms with E-state index >= 15 is 0 Å². The van der Waals surface area contributed by atoms with Crippen molar-refractivity contribution in [2.45, 2.75) is 38.6 Å². The number of anilines is 1. The van der Waals surface area contributed by atoms with E-state index in [-0.39, 0.29) is 5.75 Å².